The second-order valence-electron chi connectivity index (χ2n) is 10.5. The predicted molar refractivity (Wildman–Crippen MR) is 157 cm³/mol. The van der Waals surface area contributed by atoms with Gasteiger partial charge < -0.3 is 9.84 Å². The van der Waals surface area contributed by atoms with E-state index in [4.69, 9.17) is 9.84 Å². The van der Waals surface area contributed by atoms with Crippen LogP contribution in [0.4, 0.5) is 0 Å². The zero-order valence-corrected chi connectivity index (χ0v) is 24.2. The van der Waals surface area contributed by atoms with Gasteiger partial charge in [0.05, 0.1) is 6.61 Å². The Morgan fingerprint density at radius 2 is 1.00 bits per heavy atom. The fourth-order valence-corrected chi connectivity index (χ4v) is 4.50. The Hall–Kier alpha value is -1.09. The third-order valence-electron chi connectivity index (χ3n) is 6.90. The molecule has 0 amide bonds. The summed E-state index contributed by atoms with van der Waals surface area (Å²) in [6, 6.07) is 0. The number of allylic oxidation sites excluding steroid dienone is 4. The first kappa shape index (κ1) is 34.9. The van der Waals surface area contributed by atoms with Crippen molar-refractivity contribution in [2.45, 2.75) is 167 Å². The normalized spacial score (nSPS) is 11.7. The second-order valence-corrected chi connectivity index (χ2v) is 10.5. The van der Waals surface area contributed by atoms with E-state index in [0.717, 1.165) is 32.1 Å². The summed E-state index contributed by atoms with van der Waals surface area (Å²) >= 11 is 0. The van der Waals surface area contributed by atoms with Crippen LogP contribution in [0.5, 0.6) is 0 Å². The van der Waals surface area contributed by atoms with Gasteiger partial charge in [0.15, 0.2) is 0 Å². The molecule has 0 rings (SSSR count). The quantitative estimate of drug-likeness (QED) is 0.0623. The molecule has 3 heteroatoms. The second kappa shape index (κ2) is 31.9. The van der Waals surface area contributed by atoms with Crippen LogP contribution in [0.15, 0.2) is 24.3 Å². The third-order valence-corrected chi connectivity index (χ3v) is 6.90. The topological polar surface area (TPSA) is 46.5 Å². The van der Waals surface area contributed by atoms with Crippen LogP contribution in [-0.2, 0) is 9.53 Å². The Morgan fingerprint density at radius 3 is 1.53 bits per heavy atom. The van der Waals surface area contributed by atoms with Crippen molar-refractivity contribution in [2.24, 2.45) is 0 Å². The first-order valence-corrected chi connectivity index (χ1v) is 15.9. The third kappa shape index (κ3) is 30.9. The molecule has 0 radical (unpaired) electrons. The standard InChI is InChI=1S/C33H62O3/c1-2-3-4-5-6-7-8-9-10-12-15-18-21-24-27-30-33(35)36-32-29-26-23-20-17-14-11-13-16-19-22-25-28-31-34/h6-7,9-10,34H,2-5,8,11-32H2,1H3/b7-6-,10-9-. The van der Waals surface area contributed by atoms with Crippen LogP contribution in [0.3, 0.4) is 0 Å². The molecule has 0 saturated heterocycles. The molecular formula is C33H62O3. The molecule has 0 heterocycles. The molecule has 1 N–H and O–H groups in total. The average Bonchev–Trinajstić information content (AvgIpc) is 2.88. The maximum absolute atomic E-state index is 11.9. The Labute approximate surface area is 225 Å². The molecule has 0 spiro atoms. The molecule has 3 nitrogen and oxygen atoms in total. The molecule has 0 unspecified atom stereocenters. The van der Waals surface area contributed by atoms with Gasteiger partial charge in [0.1, 0.15) is 0 Å². The molecule has 0 aliphatic rings. The van der Waals surface area contributed by atoms with Gasteiger partial charge in [0.25, 0.3) is 0 Å². The van der Waals surface area contributed by atoms with E-state index in [2.05, 4.69) is 31.2 Å². The van der Waals surface area contributed by atoms with Gasteiger partial charge >= 0.3 is 5.97 Å². The maximum atomic E-state index is 11.9. The number of aliphatic hydroxyl groups excluding tert-OH is 1. The first-order chi connectivity index (χ1) is 17.8. The van der Waals surface area contributed by atoms with Gasteiger partial charge in [0.2, 0.25) is 0 Å². The van der Waals surface area contributed by atoms with Crippen molar-refractivity contribution in [3.63, 3.8) is 0 Å². The molecule has 212 valence electrons. The lowest BCUT2D eigenvalue weighted by Gasteiger charge is -2.05. The number of aliphatic hydroxyl groups is 1. The lowest BCUT2D eigenvalue weighted by atomic mass is 10.0. The van der Waals surface area contributed by atoms with Crippen LogP contribution in [0.25, 0.3) is 0 Å². The molecule has 0 aliphatic heterocycles. The molecule has 0 aromatic carbocycles. The minimum atomic E-state index is -0.00274. The zero-order chi connectivity index (χ0) is 26.2. The van der Waals surface area contributed by atoms with E-state index in [-0.39, 0.29) is 5.97 Å². The zero-order valence-electron chi connectivity index (χ0n) is 24.2. The highest BCUT2D eigenvalue weighted by molar-refractivity contribution is 5.69. The van der Waals surface area contributed by atoms with Crippen molar-refractivity contribution < 1.29 is 14.6 Å². The van der Waals surface area contributed by atoms with E-state index < -0.39 is 0 Å². The lowest BCUT2D eigenvalue weighted by molar-refractivity contribution is -0.143. The van der Waals surface area contributed by atoms with E-state index >= 15 is 0 Å². The fourth-order valence-electron chi connectivity index (χ4n) is 4.50. The number of carbonyl (C=O) groups is 1. The highest BCUT2D eigenvalue weighted by Gasteiger charge is 2.02. The van der Waals surface area contributed by atoms with Crippen molar-refractivity contribution in [1.29, 1.82) is 0 Å². The molecule has 0 aromatic rings. The number of ether oxygens (including phenoxy) is 1. The van der Waals surface area contributed by atoms with Gasteiger partial charge in [-0.05, 0) is 51.4 Å². The van der Waals surface area contributed by atoms with Gasteiger partial charge in [-0.2, -0.15) is 0 Å². The summed E-state index contributed by atoms with van der Waals surface area (Å²) in [6.07, 6.45) is 39.4. The van der Waals surface area contributed by atoms with Crippen LogP contribution < -0.4 is 0 Å². The molecule has 0 aliphatic carbocycles. The van der Waals surface area contributed by atoms with Crippen LogP contribution in [0.1, 0.15) is 167 Å². The molecule has 0 atom stereocenters. The van der Waals surface area contributed by atoms with Crippen LogP contribution >= 0.6 is 0 Å². The van der Waals surface area contributed by atoms with Crippen molar-refractivity contribution in [1.82, 2.24) is 0 Å². The fraction of sp³-hybridized carbons (Fsp3) is 0.848. The number of hydrogen-bond acceptors (Lipinski definition) is 3. The molecule has 0 fully saturated rings. The van der Waals surface area contributed by atoms with Crippen LogP contribution in [-0.4, -0.2) is 24.3 Å². The van der Waals surface area contributed by atoms with Gasteiger partial charge in [0, 0.05) is 13.0 Å². The van der Waals surface area contributed by atoms with E-state index in [1.807, 2.05) is 0 Å². The van der Waals surface area contributed by atoms with Gasteiger partial charge in [-0.1, -0.05) is 134 Å². The molecule has 36 heavy (non-hydrogen) atoms. The summed E-state index contributed by atoms with van der Waals surface area (Å²) in [7, 11) is 0. The van der Waals surface area contributed by atoms with Gasteiger partial charge in [-0.15, -0.1) is 0 Å². The maximum Gasteiger partial charge on any atom is 0.305 e. The summed E-state index contributed by atoms with van der Waals surface area (Å²) in [5.74, 6) is -0.00274. The monoisotopic (exact) mass is 506 g/mol. The average molecular weight is 507 g/mol. The Kier molecular flexibility index (Phi) is 31.0. The van der Waals surface area contributed by atoms with E-state index in [1.165, 1.54) is 122 Å². The minimum absolute atomic E-state index is 0.00274. The molecule has 0 aromatic heterocycles. The smallest absolute Gasteiger partial charge is 0.305 e. The summed E-state index contributed by atoms with van der Waals surface area (Å²) in [4.78, 5) is 11.9. The van der Waals surface area contributed by atoms with Gasteiger partial charge in [-0.25, -0.2) is 0 Å². The number of rotatable bonds is 29. The highest BCUT2D eigenvalue weighted by atomic mass is 16.5. The number of hydrogen-bond donors (Lipinski definition) is 1. The van der Waals surface area contributed by atoms with E-state index in [9.17, 15) is 4.79 Å². The highest BCUT2D eigenvalue weighted by Crippen LogP contribution is 2.13. The first-order valence-electron chi connectivity index (χ1n) is 15.9. The summed E-state index contributed by atoms with van der Waals surface area (Å²) in [5.41, 5.74) is 0. The Balaban J connectivity index is 3.22. The Morgan fingerprint density at radius 1 is 0.556 bits per heavy atom. The molecule has 0 bridgehead atoms. The number of carbonyl (C=O) groups excluding carboxylic acids is 1. The lowest BCUT2D eigenvalue weighted by Crippen LogP contribution is -2.05. The minimum Gasteiger partial charge on any atom is -0.466 e. The van der Waals surface area contributed by atoms with Crippen molar-refractivity contribution in [2.75, 3.05) is 13.2 Å². The summed E-state index contributed by atoms with van der Waals surface area (Å²) in [6.45, 7) is 3.20. The summed E-state index contributed by atoms with van der Waals surface area (Å²) < 4.78 is 5.40. The molecule has 0 saturated carbocycles. The SMILES string of the molecule is CCCCC/C=C\C/C=C\CCCCCCCC(=O)OCCCCCCCCCCCCCCCO. The molecular weight excluding hydrogens is 444 g/mol. The van der Waals surface area contributed by atoms with Crippen molar-refractivity contribution in [3.8, 4) is 0 Å². The van der Waals surface area contributed by atoms with Crippen molar-refractivity contribution >= 4 is 5.97 Å². The summed E-state index contributed by atoms with van der Waals surface area (Å²) in [5, 5.41) is 8.76. The van der Waals surface area contributed by atoms with E-state index in [0.29, 0.717) is 19.6 Å². The predicted octanol–water partition coefficient (Wildman–Crippen LogP) is 10.4. The van der Waals surface area contributed by atoms with E-state index in [1.54, 1.807) is 0 Å². The van der Waals surface area contributed by atoms with Gasteiger partial charge in [-0.3, -0.25) is 4.79 Å². The van der Waals surface area contributed by atoms with Crippen molar-refractivity contribution in [3.05, 3.63) is 24.3 Å². The Bertz CT molecular complexity index is 483. The number of unbranched alkanes of at least 4 members (excludes halogenated alkanes) is 20. The number of esters is 1. The van der Waals surface area contributed by atoms with Crippen LogP contribution in [0, 0.1) is 0 Å². The largest absolute Gasteiger partial charge is 0.466 e. The van der Waals surface area contributed by atoms with Crippen LogP contribution in [0.2, 0.25) is 0 Å².